The van der Waals surface area contributed by atoms with Crippen LogP contribution in [-0.2, 0) is 0 Å². The molecule has 2 aliphatic heterocycles. The minimum atomic E-state index is -0.184. The Kier molecular flexibility index (Phi) is 6.32. The minimum Gasteiger partial charge on any atom is -0.378 e. The molecule has 0 saturated heterocycles. The Bertz CT molecular complexity index is 1870. The topological polar surface area (TPSA) is 61.1 Å². The Morgan fingerprint density at radius 1 is 0.833 bits per heavy atom. The first-order valence-electron chi connectivity index (χ1n) is 13.9. The average molecular weight is 572 g/mol. The molecule has 2 aliphatic rings. The van der Waals surface area contributed by atoms with Gasteiger partial charge in [0, 0.05) is 36.1 Å². The van der Waals surface area contributed by atoms with Crippen LogP contribution in [0.25, 0.3) is 5.69 Å². The lowest BCUT2D eigenvalue weighted by molar-refractivity contribution is 0.815. The van der Waals surface area contributed by atoms with Gasteiger partial charge in [-0.1, -0.05) is 60.1 Å². The zero-order valence-electron chi connectivity index (χ0n) is 23.9. The molecule has 4 aromatic carbocycles. The average Bonchev–Trinajstić information content (AvgIpc) is 3.34. The maximum atomic E-state index is 6.51. The van der Waals surface area contributed by atoms with Gasteiger partial charge >= 0.3 is 0 Å². The first-order valence-corrected chi connectivity index (χ1v) is 14.3. The normalized spacial score (nSPS) is 15.3. The number of nitrogens with one attached hydrogen (secondary N) is 1. The van der Waals surface area contributed by atoms with E-state index in [0.29, 0.717) is 10.9 Å². The molecule has 1 atom stereocenters. The highest BCUT2D eigenvalue weighted by atomic mass is 35.5. The van der Waals surface area contributed by atoms with Gasteiger partial charge < -0.3 is 15.1 Å². The molecular weight excluding hydrogens is 542 g/mol. The van der Waals surface area contributed by atoms with Crippen molar-refractivity contribution in [3.8, 4) is 5.69 Å². The van der Waals surface area contributed by atoms with Crippen LogP contribution in [0.4, 0.5) is 28.6 Å². The van der Waals surface area contributed by atoms with E-state index in [2.05, 4.69) is 78.6 Å². The Hall–Kier alpha value is -4.88. The molecule has 0 spiro atoms. The Labute approximate surface area is 250 Å². The second-order valence-corrected chi connectivity index (χ2v) is 11.2. The van der Waals surface area contributed by atoms with Crippen LogP contribution in [0.1, 0.15) is 28.4 Å². The highest BCUT2D eigenvalue weighted by Gasteiger charge is 2.41. The van der Waals surface area contributed by atoms with E-state index in [1.165, 1.54) is 0 Å². The summed E-state index contributed by atoms with van der Waals surface area (Å²) in [4.78, 5) is 14.8. The molecule has 0 amide bonds. The van der Waals surface area contributed by atoms with Gasteiger partial charge in [-0.3, -0.25) is 0 Å². The van der Waals surface area contributed by atoms with Crippen LogP contribution in [0.5, 0.6) is 0 Å². The van der Waals surface area contributed by atoms with Gasteiger partial charge in [-0.05, 0) is 73.5 Å². The maximum absolute atomic E-state index is 6.51. The quantitative estimate of drug-likeness (QED) is 0.237. The standard InChI is InChI=1S/C34H30ClN7/c1-21-14-17-24(20-27(21)35)36-32-34-38-33-30(22(2)39-42(33)26-10-6-5-7-11-26)31(23-15-18-25(19-16-23)40(3)4)41(34)29-13-9-8-12-28(29)37-32/h5-20,31H,1-4H3,(H,36,37)/t31-/m1/s1. The van der Waals surface area contributed by atoms with Crippen LogP contribution < -0.4 is 15.1 Å². The van der Waals surface area contributed by atoms with E-state index in [9.17, 15) is 0 Å². The van der Waals surface area contributed by atoms with Crippen molar-refractivity contribution >= 4 is 51.8 Å². The van der Waals surface area contributed by atoms with E-state index in [1.807, 2.05) is 66.2 Å². The Morgan fingerprint density at radius 2 is 1.57 bits per heavy atom. The number of para-hydroxylation sites is 3. The molecule has 0 bridgehead atoms. The molecule has 1 aromatic heterocycles. The third-order valence-electron chi connectivity index (χ3n) is 7.80. The van der Waals surface area contributed by atoms with E-state index < -0.39 is 0 Å². The SMILES string of the molecule is Cc1ccc(NC2=Nc3ccccc3N3C2=Nc2c(c(C)nn2-c2ccccc2)[C@H]3c2ccc(N(C)C)cc2)cc1Cl. The zero-order valence-corrected chi connectivity index (χ0v) is 24.6. The highest BCUT2D eigenvalue weighted by Crippen LogP contribution is 2.48. The second-order valence-electron chi connectivity index (χ2n) is 10.8. The molecule has 0 fully saturated rings. The lowest BCUT2D eigenvalue weighted by atomic mass is 9.93. The summed E-state index contributed by atoms with van der Waals surface area (Å²) in [6.07, 6.45) is 0. The van der Waals surface area contributed by atoms with Gasteiger partial charge in [0.15, 0.2) is 17.5 Å². The van der Waals surface area contributed by atoms with Crippen molar-refractivity contribution in [2.24, 2.45) is 9.98 Å². The van der Waals surface area contributed by atoms with Crippen molar-refractivity contribution in [1.29, 1.82) is 0 Å². The summed E-state index contributed by atoms with van der Waals surface area (Å²) in [6.45, 7) is 4.06. The number of nitrogens with zero attached hydrogens (tertiary/aromatic N) is 6. The monoisotopic (exact) mass is 571 g/mol. The number of anilines is 3. The lowest BCUT2D eigenvalue weighted by Gasteiger charge is -2.40. The zero-order chi connectivity index (χ0) is 29.0. The molecule has 0 aliphatic carbocycles. The summed E-state index contributed by atoms with van der Waals surface area (Å²) in [5.74, 6) is 2.16. The third kappa shape index (κ3) is 4.33. The summed E-state index contributed by atoms with van der Waals surface area (Å²) in [7, 11) is 4.11. The molecule has 208 valence electrons. The number of benzene rings is 4. The van der Waals surface area contributed by atoms with Crippen molar-refractivity contribution in [1.82, 2.24) is 9.78 Å². The predicted octanol–water partition coefficient (Wildman–Crippen LogP) is 8.00. The van der Waals surface area contributed by atoms with Crippen LogP contribution in [0.2, 0.25) is 5.02 Å². The fourth-order valence-electron chi connectivity index (χ4n) is 5.62. The molecule has 0 saturated carbocycles. The smallest absolute Gasteiger partial charge is 0.179 e. The van der Waals surface area contributed by atoms with Crippen LogP contribution in [0, 0.1) is 13.8 Å². The van der Waals surface area contributed by atoms with Gasteiger partial charge in [-0.15, -0.1) is 0 Å². The van der Waals surface area contributed by atoms with E-state index in [-0.39, 0.29) is 6.04 Å². The van der Waals surface area contributed by atoms with Crippen molar-refractivity contribution < 1.29 is 0 Å². The van der Waals surface area contributed by atoms with Crippen molar-refractivity contribution in [2.45, 2.75) is 19.9 Å². The first-order chi connectivity index (χ1) is 20.4. The number of amidine groups is 2. The van der Waals surface area contributed by atoms with Gasteiger partial charge in [0.2, 0.25) is 0 Å². The molecule has 3 heterocycles. The van der Waals surface area contributed by atoms with E-state index >= 15 is 0 Å². The van der Waals surface area contributed by atoms with Gasteiger partial charge in [0.25, 0.3) is 0 Å². The molecule has 0 radical (unpaired) electrons. The molecule has 7 rings (SSSR count). The van der Waals surface area contributed by atoms with Crippen LogP contribution in [0.15, 0.2) is 107 Å². The molecule has 7 nitrogen and oxygen atoms in total. The number of halogens is 1. The molecular formula is C34H30ClN7. The molecule has 1 N–H and O–H groups in total. The number of aromatic nitrogens is 2. The fraction of sp³-hybridized carbons (Fsp3) is 0.147. The number of aryl methyl sites for hydroxylation is 2. The number of hydrogen-bond donors (Lipinski definition) is 1. The van der Waals surface area contributed by atoms with Gasteiger partial charge in [-0.2, -0.15) is 5.10 Å². The summed E-state index contributed by atoms with van der Waals surface area (Å²) >= 11 is 6.51. The summed E-state index contributed by atoms with van der Waals surface area (Å²) < 4.78 is 1.94. The maximum Gasteiger partial charge on any atom is 0.179 e. The van der Waals surface area contributed by atoms with Crippen LogP contribution in [-0.4, -0.2) is 35.5 Å². The largest absolute Gasteiger partial charge is 0.378 e. The fourth-order valence-corrected chi connectivity index (χ4v) is 5.80. The molecule has 42 heavy (non-hydrogen) atoms. The van der Waals surface area contributed by atoms with Crippen molar-refractivity contribution in [3.63, 3.8) is 0 Å². The van der Waals surface area contributed by atoms with Gasteiger partial charge in [0.1, 0.15) is 0 Å². The lowest BCUT2D eigenvalue weighted by Crippen LogP contribution is -2.46. The number of hydrogen-bond acceptors (Lipinski definition) is 6. The number of rotatable bonds is 4. The van der Waals surface area contributed by atoms with Crippen LogP contribution >= 0.6 is 11.6 Å². The minimum absolute atomic E-state index is 0.184. The van der Waals surface area contributed by atoms with Crippen molar-refractivity contribution in [2.75, 3.05) is 29.2 Å². The number of fused-ring (bicyclic) bond motifs is 4. The first kappa shape index (κ1) is 26.0. The van der Waals surface area contributed by atoms with E-state index in [1.54, 1.807) is 0 Å². The summed E-state index contributed by atoms with van der Waals surface area (Å²) in [6, 6.07) is 32.8. The summed E-state index contributed by atoms with van der Waals surface area (Å²) in [5, 5.41) is 9.26. The number of aliphatic imine (C=N–C) groups is 2. The molecule has 5 aromatic rings. The Balaban J connectivity index is 1.47. The third-order valence-corrected chi connectivity index (χ3v) is 8.21. The Morgan fingerprint density at radius 3 is 2.31 bits per heavy atom. The second kappa shape index (κ2) is 10.2. The molecule has 8 heteroatoms. The van der Waals surface area contributed by atoms with Gasteiger partial charge in [0.05, 0.1) is 28.8 Å². The highest BCUT2D eigenvalue weighted by molar-refractivity contribution is 6.51. The van der Waals surface area contributed by atoms with Crippen LogP contribution in [0.3, 0.4) is 0 Å². The molecule has 0 unspecified atom stereocenters. The summed E-state index contributed by atoms with van der Waals surface area (Å²) in [5.41, 5.74) is 8.94. The predicted molar refractivity (Wildman–Crippen MR) is 174 cm³/mol. The van der Waals surface area contributed by atoms with Crippen molar-refractivity contribution in [3.05, 3.63) is 124 Å². The van der Waals surface area contributed by atoms with E-state index in [4.69, 9.17) is 26.7 Å². The van der Waals surface area contributed by atoms with Gasteiger partial charge in [-0.25, -0.2) is 14.7 Å². The van der Waals surface area contributed by atoms with E-state index in [0.717, 1.165) is 62.5 Å².